The van der Waals surface area contributed by atoms with Crippen LogP contribution >= 0.6 is 23.4 Å². The van der Waals surface area contributed by atoms with Gasteiger partial charge in [-0.3, -0.25) is 4.79 Å². The van der Waals surface area contributed by atoms with Crippen molar-refractivity contribution >= 4 is 35.0 Å². The van der Waals surface area contributed by atoms with E-state index in [9.17, 15) is 4.79 Å². The number of unbranched alkanes of at least 4 members (excludes halogenated alkanes) is 1. The second-order valence-corrected chi connectivity index (χ2v) is 6.09. The highest BCUT2D eigenvalue weighted by Gasteiger charge is 2.24. The van der Waals surface area contributed by atoms with E-state index in [1.165, 1.54) is 0 Å². The predicted molar refractivity (Wildman–Crippen MR) is 80.4 cm³/mol. The zero-order valence-corrected chi connectivity index (χ0v) is 12.7. The predicted octanol–water partition coefficient (Wildman–Crippen LogP) is 4.20. The van der Waals surface area contributed by atoms with Gasteiger partial charge >= 0.3 is 0 Å². The molecule has 1 aromatic rings. The lowest BCUT2D eigenvalue weighted by Gasteiger charge is -2.11. The number of carbonyl (C=O) groups is 1. The zero-order valence-electron chi connectivity index (χ0n) is 11.2. The van der Waals surface area contributed by atoms with Crippen molar-refractivity contribution < 1.29 is 9.53 Å². The van der Waals surface area contributed by atoms with Crippen LogP contribution in [0.1, 0.15) is 26.2 Å². The van der Waals surface area contributed by atoms with Gasteiger partial charge in [-0.25, -0.2) is 0 Å². The molecule has 1 unspecified atom stereocenters. The van der Waals surface area contributed by atoms with Crippen molar-refractivity contribution in [3.63, 3.8) is 0 Å². The number of carbonyl (C=O) groups excluding carboxylic acids is 1. The van der Waals surface area contributed by atoms with Gasteiger partial charge in [0, 0.05) is 16.6 Å². The van der Waals surface area contributed by atoms with Crippen LogP contribution in [0, 0.1) is 5.92 Å². The van der Waals surface area contributed by atoms with Crippen LogP contribution in [0.25, 0.3) is 0 Å². The summed E-state index contributed by atoms with van der Waals surface area (Å²) in [5, 5.41) is 3.50. The second kappa shape index (κ2) is 6.53. The SMILES string of the molecule is CCCCC1CSc2cc(OC)c(Cl)cc2NC1=O. The number of amides is 1. The molecule has 5 heteroatoms. The second-order valence-electron chi connectivity index (χ2n) is 4.62. The molecule has 1 amide bonds. The fraction of sp³-hybridized carbons (Fsp3) is 0.500. The molecule has 0 aliphatic carbocycles. The van der Waals surface area contributed by atoms with Crippen LogP contribution in [0.3, 0.4) is 0 Å². The van der Waals surface area contributed by atoms with Gasteiger partial charge in [0.1, 0.15) is 5.75 Å². The number of fused-ring (bicyclic) bond motifs is 1. The summed E-state index contributed by atoms with van der Waals surface area (Å²) in [4.78, 5) is 13.2. The molecule has 19 heavy (non-hydrogen) atoms. The third-order valence-corrected chi connectivity index (χ3v) is 4.74. The van der Waals surface area contributed by atoms with Crippen molar-refractivity contribution in [2.45, 2.75) is 31.1 Å². The Hall–Kier alpha value is -0.870. The number of hydrogen-bond donors (Lipinski definition) is 1. The molecule has 0 radical (unpaired) electrons. The summed E-state index contributed by atoms with van der Waals surface area (Å²) in [6.45, 7) is 2.14. The fourth-order valence-corrected chi connectivity index (χ4v) is 3.47. The summed E-state index contributed by atoms with van der Waals surface area (Å²) in [5.74, 6) is 1.63. The van der Waals surface area contributed by atoms with Gasteiger partial charge in [-0.05, 0) is 18.6 Å². The average Bonchev–Trinajstić information content (AvgIpc) is 2.54. The highest BCUT2D eigenvalue weighted by Crippen LogP contribution is 2.39. The van der Waals surface area contributed by atoms with Crippen molar-refractivity contribution in [1.29, 1.82) is 0 Å². The number of hydrogen-bond acceptors (Lipinski definition) is 3. The Bertz CT molecular complexity index is 479. The first-order valence-electron chi connectivity index (χ1n) is 6.47. The molecule has 3 nitrogen and oxygen atoms in total. The van der Waals surface area contributed by atoms with E-state index in [-0.39, 0.29) is 11.8 Å². The quantitative estimate of drug-likeness (QED) is 0.905. The number of ether oxygens (including phenoxy) is 1. The van der Waals surface area contributed by atoms with Crippen LogP contribution in [0.15, 0.2) is 17.0 Å². The smallest absolute Gasteiger partial charge is 0.228 e. The summed E-state index contributed by atoms with van der Waals surface area (Å²) in [6.07, 6.45) is 3.13. The van der Waals surface area contributed by atoms with Crippen molar-refractivity contribution in [2.24, 2.45) is 5.92 Å². The first-order valence-corrected chi connectivity index (χ1v) is 7.83. The number of rotatable bonds is 4. The molecule has 0 saturated heterocycles. The number of nitrogens with one attached hydrogen (secondary N) is 1. The van der Waals surface area contributed by atoms with Gasteiger partial charge in [0.05, 0.1) is 17.8 Å². The molecule has 1 aromatic carbocycles. The molecule has 1 aliphatic rings. The largest absolute Gasteiger partial charge is 0.495 e. The van der Waals surface area contributed by atoms with Crippen molar-refractivity contribution in [2.75, 3.05) is 18.2 Å². The van der Waals surface area contributed by atoms with Crippen LogP contribution in [0.2, 0.25) is 5.02 Å². The van der Waals surface area contributed by atoms with E-state index >= 15 is 0 Å². The van der Waals surface area contributed by atoms with E-state index < -0.39 is 0 Å². The zero-order chi connectivity index (χ0) is 13.8. The molecular formula is C14H18ClNO2S. The lowest BCUT2D eigenvalue weighted by Crippen LogP contribution is -2.23. The Morgan fingerprint density at radius 3 is 3.00 bits per heavy atom. The molecule has 104 valence electrons. The highest BCUT2D eigenvalue weighted by molar-refractivity contribution is 7.99. The monoisotopic (exact) mass is 299 g/mol. The minimum Gasteiger partial charge on any atom is -0.495 e. The van der Waals surface area contributed by atoms with Crippen LogP contribution in [0.5, 0.6) is 5.75 Å². The van der Waals surface area contributed by atoms with E-state index in [1.807, 2.05) is 6.07 Å². The molecule has 1 atom stereocenters. The molecule has 1 N–H and O–H groups in total. The molecule has 1 aliphatic heterocycles. The minimum atomic E-state index is 0.0714. The summed E-state index contributed by atoms with van der Waals surface area (Å²) in [6, 6.07) is 3.66. The van der Waals surface area contributed by atoms with E-state index in [4.69, 9.17) is 16.3 Å². The molecule has 1 heterocycles. The number of thioether (sulfide) groups is 1. The summed E-state index contributed by atoms with van der Waals surface area (Å²) >= 11 is 7.78. The van der Waals surface area contributed by atoms with Crippen LogP contribution < -0.4 is 10.1 Å². The number of halogens is 1. The van der Waals surface area contributed by atoms with E-state index in [2.05, 4.69) is 12.2 Å². The molecule has 0 aromatic heterocycles. The normalized spacial score (nSPS) is 18.5. The Balaban J connectivity index is 2.21. The number of methoxy groups -OCH3 is 1. The molecule has 0 spiro atoms. The maximum Gasteiger partial charge on any atom is 0.228 e. The van der Waals surface area contributed by atoms with Gasteiger partial charge in [-0.1, -0.05) is 31.4 Å². The summed E-state index contributed by atoms with van der Waals surface area (Å²) < 4.78 is 5.21. The molecule has 2 rings (SSSR count). The van der Waals surface area contributed by atoms with Gasteiger partial charge < -0.3 is 10.1 Å². The van der Waals surface area contributed by atoms with Crippen molar-refractivity contribution in [1.82, 2.24) is 0 Å². The van der Waals surface area contributed by atoms with Crippen LogP contribution in [0.4, 0.5) is 5.69 Å². The fourth-order valence-electron chi connectivity index (χ4n) is 2.07. The van der Waals surface area contributed by atoms with Crippen LogP contribution in [-0.2, 0) is 4.79 Å². The maximum atomic E-state index is 12.1. The summed E-state index contributed by atoms with van der Waals surface area (Å²) in [7, 11) is 1.59. The van der Waals surface area contributed by atoms with Crippen molar-refractivity contribution in [3.8, 4) is 5.75 Å². The lowest BCUT2D eigenvalue weighted by atomic mass is 10.0. The van der Waals surface area contributed by atoms with Crippen molar-refractivity contribution in [3.05, 3.63) is 17.2 Å². The maximum absolute atomic E-state index is 12.1. The number of benzene rings is 1. The first kappa shape index (κ1) is 14.5. The highest BCUT2D eigenvalue weighted by atomic mass is 35.5. The van der Waals surface area contributed by atoms with Gasteiger partial charge in [-0.2, -0.15) is 0 Å². The molecule has 0 bridgehead atoms. The van der Waals surface area contributed by atoms with Gasteiger partial charge in [0.15, 0.2) is 0 Å². The topological polar surface area (TPSA) is 38.3 Å². The van der Waals surface area contributed by atoms with Gasteiger partial charge in [-0.15, -0.1) is 11.8 Å². The Kier molecular flexibility index (Phi) is 4.99. The minimum absolute atomic E-state index is 0.0714. The molecule has 0 fully saturated rings. The Labute approximate surface area is 123 Å². The van der Waals surface area contributed by atoms with Crippen LogP contribution in [-0.4, -0.2) is 18.8 Å². The third-order valence-electron chi connectivity index (χ3n) is 3.23. The number of anilines is 1. The first-order chi connectivity index (χ1) is 9.15. The van der Waals surface area contributed by atoms with E-state index in [1.54, 1.807) is 24.9 Å². The van der Waals surface area contributed by atoms with E-state index in [0.717, 1.165) is 35.6 Å². The molecular weight excluding hydrogens is 282 g/mol. The summed E-state index contributed by atoms with van der Waals surface area (Å²) in [5.41, 5.74) is 0.791. The third kappa shape index (κ3) is 3.37. The lowest BCUT2D eigenvalue weighted by molar-refractivity contribution is -0.119. The van der Waals surface area contributed by atoms with E-state index in [0.29, 0.717) is 10.8 Å². The standard InChI is InChI=1S/C14H18ClNO2S/c1-3-4-5-9-8-19-13-7-12(18-2)10(15)6-11(13)16-14(9)17/h6-7,9H,3-5,8H2,1-2H3,(H,16,17). The Morgan fingerprint density at radius 1 is 1.53 bits per heavy atom. The van der Waals surface area contributed by atoms with Gasteiger partial charge in [0.2, 0.25) is 5.91 Å². The average molecular weight is 300 g/mol. The molecule has 0 saturated carbocycles. The van der Waals surface area contributed by atoms with Gasteiger partial charge in [0.25, 0.3) is 0 Å². The Morgan fingerprint density at radius 2 is 2.32 bits per heavy atom.